The van der Waals surface area contributed by atoms with Gasteiger partial charge in [-0.2, -0.15) is 0 Å². The Hall–Kier alpha value is -0.930. The van der Waals surface area contributed by atoms with Gasteiger partial charge in [-0.25, -0.2) is 4.39 Å². The molecule has 3 heteroatoms. The fourth-order valence-corrected chi connectivity index (χ4v) is 2.44. The van der Waals surface area contributed by atoms with Crippen LogP contribution in [0.1, 0.15) is 51.6 Å². The first kappa shape index (κ1) is 16.1. The average Bonchev–Trinajstić information content (AvgIpc) is 2.44. The van der Waals surface area contributed by atoms with Gasteiger partial charge in [0.25, 0.3) is 0 Å². The van der Waals surface area contributed by atoms with Crippen molar-refractivity contribution in [2.75, 3.05) is 13.1 Å². The molecule has 2 N–H and O–H groups in total. The molecule has 0 aliphatic heterocycles. The molecule has 0 saturated heterocycles. The molecule has 2 nitrogen and oxygen atoms in total. The second-order valence-corrected chi connectivity index (χ2v) is 5.12. The van der Waals surface area contributed by atoms with Gasteiger partial charge in [0.2, 0.25) is 0 Å². The number of nitrogens with zero attached hydrogens (tertiary/aromatic N) is 1. The SMILES string of the molecule is CCCCN(C(C)CC)C(CN)c1ccccc1F. The molecule has 0 fully saturated rings. The van der Waals surface area contributed by atoms with Crippen LogP contribution in [0.15, 0.2) is 24.3 Å². The second-order valence-electron chi connectivity index (χ2n) is 5.12. The van der Waals surface area contributed by atoms with Crippen molar-refractivity contribution in [1.29, 1.82) is 0 Å². The fourth-order valence-electron chi connectivity index (χ4n) is 2.44. The third-order valence-corrected chi connectivity index (χ3v) is 3.81. The van der Waals surface area contributed by atoms with Crippen LogP contribution in [0, 0.1) is 5.82 Å². The van der Waals surface area contributed by atoms with Gasteiger partial charge in [0.1, 0.15) is 5.82 Å². The van der Waals surface area contributed by atoms with Crippen molar-refractivity contribution in [3.8, 4) is 0 Å². The van der Waals surface area contributed by atoms with E-state index in [4.69, 9.17) is 5.73 Å². The van der Waals surface area contributed by atoms with Crippen LogP contribution < -0.4 is 5.73 Å². The van der Waals surface area contributed by atoms with Crippen LogP contribution in [0.2, 0.25) is 0 Å². The van der Waals surface area contributed by atoms with Gasteiger partial charge >= 0.3 is 0 Å². The van der Waals surface area contributed by atoms with Gasteiger partial charge in [-0.1, -0.05) is 38.5 Å². The summed E-state index contributed by atoms with van der Waals surface area (Å²) in [6.07, 6.45) is 3.31. The third kappa shape index (κ3) is 4.29. The molecule has 19 heavy (non-hydrogen) atoms. The van der Waals surface area contributed by atoms with Crippen molar-refractivity contribution in [3.63, 3.8) is 0 Å². The Labute approximate surface area is 116 Å². The minimum atomic E-state index is -0.150. The van der Waals surface area contributed by atoms with Crippen LogP contribution in [-0.2, 0) is 0 Å². The quantitative estimate of drug-likeness (QED) is 0.777. The van der Waals surface area contributed by atoms with Crippen molar-refractivity contribution >= 4 is 0 Å². The van der Waals surface area contributed by atoms with Gasteiger partial charge in [-0.05, 0) is 32.4 Å². The molecule has 2 atom stereocenters. The normalized spacial score (nSPS) is 14.6. The van der Waals surface area contributed by atoms with E-state index >= 15 is 0 Å². The molecule has 2 unspecified atom stereocenters. The Balaban J connectivity index is 2.98. The van der Waals surface area contributed by atoms with Gasteiger partial charge < -0.3 is 5.73 Å². The zero-order valence-electron chi connectivity index (χ0n) is 12.4. The van der Waals surface area contributed by atoms with E-state index in [0.717, 1.165) is 31.4 Å². The van der Waals surface area contributed by atoms with Crippen LogP contribution in [0.3, 0.4) is 0 Å². The first-order chi connectivity index (χ1) is 9.15. The number of rotatable bonds is 8. The third-order valence-electron chi connectivity index (χ3n) is 3.81. The summed E-state index contributed by atoms with van der Waals surface area (Å²) < 4.78 is 14.0. The summed E-state index contributed by atoms with van der Waals surface area (Å²) in [6, 6.07) is 7.38. The first-order valence-electron chi connectivity index (χ1n) is 7.35. The summed E-state index contributed by atoms with van der Waals surface area (Å²) in [5.74, 6) is -0.150. The van der Waals surface area contributed by atoms with Gasteiger partial charge in [-0.15, -0.1) is 0 Å². The standard InChI is InChI=1S/C16H27FN2/c1-4-6-11-19(13(3)5-2)16(12-18)14-9-7-8-10-15(14)17/h7-10,13,16H,4-6,11-12,18H2,1-3H3. The second kappa shape index (κ2) is 8.28. The number of hydrogen-bond acceptors (Lipinski definition) is 2. The van der Waals surface area contributed by atoms with E-state index < -0.39 is 0 Å². The monoisotopic (exact) mass is 266 g/mol. The van der Waals surface area contributed by atoms with E-state index in [1.165, 1.54) is 6.07 Å². The van der Waals surface area contributed by atoms with E-state index in [2.05, 4.69) is 25.7 Å². The lowest BCUT2D eigenvalue weighted by atomic mass is 10.0. The highest BCUT2D eigenvalue weighted by atomic mass is 19.1. The summed E-state index contributed by atoms with van der Waals surface area (Å²) in [6.45, 7) is 7.96. The Morgan fingerprint density at radius 3 is 2.47 bits per heavy atom. The Morgan fingerprint density at radius 1 is 1.26 bits per heavy atom. The predicted molar refractivity (Wildman–Crippen MR) is 79.6 cm³/mol. The molecule has 0 spiro atoms. The number of halogens is 1. The molecule has 0 bridgehead atoms. The highest BCUT2D eigenvalue weighted by Gasteiger charge is 2.24. The zero-order valence-corrected chi connectivity index (χ0v) is 12.4. The molecule has 0 radical (unpaired) electrons. The molecule has 1 rings (SSSR count). The molecular weight excluding hydrogens is 239 g/mol. The lowest BCUT2D eigenvalue weighted by Crippen LogP contribution is -2.40. The first-order valence-corrected chi connectivity index (χ1v) is 7.35. The van der Waals surface area contributed by atoms with Crippen LogP contribution in [-0.4, -0.2) is 24.0 Å². The lowest BCUT2D eigenvalue weighted by molar-refractivity contribution is 0.138. The van der Waals surface area contributed by atoms with Crippen LogP contribution >= 0.6 is 0 Å². The summed E-state index contributed by atoms with van der Waals surface area (Å²) in [7, 11) is 0. The molecule has 0 amide bonds. The smallest absolute Gasteiger partial charge is 0.128 e. The number of benzene rings is 1. The van der Waals surface area contributed by atoms with E-state index in [1.807, 2.05) is 12.1 Å². The molecule has 0 aliphatic carbocycles. The van der Waals surface area contributed by atoms with Crippen molar-refractivity contribution in [1.82, 2.24) is 4.90 Å². The Morgan fingerprint density at radius 2 is 1.95 bits per heavy atom. The maximum atomic E-state index is 14.0. The van der Waals surface area contributed by atoms with Crippen molar-refractivity contribution in [2.45, 2.75) is 52.1 Å². The van der Waals surface area contributed by atoms with E-state index in [-0.39, 0.29) is 11.9 Å². The van der Waals surface area contributed by atoms with E-state index in [0.29, 0.717) is 12.6 Å². The number of hydrogen-bond donors (Lipinski definition) is 1. The van der Waals surface area contributed by atoms with Gasteiger partial charge in [-0.3, -0.25) is 4.90 Å². The van der Waals surface area contributed by atoms with Crippen LogP contribution in [0.5, 0.6) is 0 Å². The van der Waals surface area contributed by atoms with E-state index in [1.54, 1.807) is 6.07 Å². The largest absolute Gasteiger partial charge is 0.329 e. The Bertz CT molecular complexity index is 368. The minimum absolute atomic E-state index is 0.0253. The summed E-state index contributed by atoms with van der Waals surface area (Å²) >= 11 is 0. The number of nitrogens with two attached hydrogens (primary N) is 1. The maximum absolute atomic E-state index is 14.0. The topological polar surface area (TPSA) is 29.3 Å². The lowest BCUT2D eigenvalue weighted by Gasteiger charge is -2.36. The highest BCUT2D eigenvalue weighted by molar-refractivity contribution is 5.22. The molecule has 0 heterocycles. The minimum Gasteiger partial charge on any atom is -0.329 e. The molecule has 1 aromatic rings. The summed E-state index contributed by atoms with van der Waals surface area (Å²) in [5, 5.41) is 0. The molecule has 108 valence electrons. The predicted octanol–water partition coefficient (Wildman–Crippen LogP) is 3.73. The zero-order chi connectivity index (χ0) is 14.3. The molecule has 0 aromatic heterocycles. The van der Waals surface area contributed by atoms with Crippen molar-refractivity contribution in [3.05, 3.63) is 35.6 Å². The summed E-state index contributed by atoms with van der Waals surface area (Å²) in [4.78, 5) is 2.35. The maximum Gasteiger partial charge on any atom is 0.128 e. The molecule has 1 aromatic carbocycles. The van der Waals surface area contributed by atoms with Gasteiger partial charge in [0.15, 0.2) is 0 Å². The van der Waals surface area contributed by atoms with Crippen LogP contribution in [0.4, 0.5) is 4.39 Å². The van der Waals surface area contributed by atoms with Crippen LogP contribution in [0.25, 0.3) is 0 Å². The molecule has 0 saturated carbocycles. The van der Waals surface area contributed by atoms with Crippen molar-refractivity contribution < 1.29 is 4.39 Å². The average molecular weight is 266 g/mol. The van der Waals surface area contributed by atoms with E-state index in [9.17, 15) is 4.39 Å². The van der Waals surface area contributed by atoms with Gasteiger partial charge in [0.05, 0.1) is 6.04 Å². The van der Waals surface area contributed by atoms with Gasteiger partial charge in [0, 0.05) is 18.2 Å². The van der Waals surface area contributed by atoms with Crippen molar-refractivity contribution in [2.24, 2.45) is 5.73 Å². The number of unbranched alkanes of at least 4 members (excludes halogenated alkanes) is 1. The molecular formula is C16H27FN2. The fraction of sp³-hybridized carbons (Fsp3) is 0.625. The highest BCUT2D eigenvalue weighted by Crippen LogP contribution is 2.25. The summed E-state index contributed by atoms with van der Waals surface area (Å²) in [5.41, 5.74) is 6.65. The molecule has 0 aliphatic rings. The Kier molecular flexibility index (Phi) is 7.03.